The molecule has 0 saturated heterocycles. The topological polar surface area (TPSA) is 50.8 Å². The lowest BCUT2D eigenvalue weighted by atomic mass is 9.77. The fourth-order valence-electron chi connectivity index (χ4n) is 7.20. The Balaban J connectivity index is 1.39. The van der Waals surface area contributed by atoms with Gasteiger partial charge < -0.3 is 19.7 Å². The number of carbonyl (C=O) groups is 1. The SMILES string of the molecule is CCCCCCCCN(CCCCCC)c1ccc2c(c1)Oc1cc(C)c(Nc3cccc(C)c3)cc1C21OC(=O)c2ccccc21. The van der Waals surface area contributed by atoms with Crippen LogP contribution in [0.5, 0.6) is 11.5 Å². The van der Waals surface area contributed by atoms with Crippen LogP contribution in [0.3, 0.4) is 0 Å². The molecule has 4 aromatic carbocycles. The predicted molar refractivity (Wildman–Crippen MR) is 194 cm³/mol. The van der Waals surface area contributed by atoms with Gasteiger partial charge in [-0.05, 0) is 80.3 Å². The molecule has 0 aliphatic carbocycles. The summed E-state index contributed by atoms with van der Waals surface area (Å²) in [7, 11) is 0. The van der Waals surface area contributed by atoms with Crippen molar-refractivity contribution in [3.05, 3.63) is 112 Å². The predicted octanol–water partition coefficient (Wildman–Crippen LogP) is 11.4. The summed E-state index contributed by atoms with van der Waals surface area (Å²) in [6, 6.07) is 26.9. The molecule has 0 aromatic heterocycles. The average molecular weight is 631 g/mol. The van der Waals surface area contributed by atoms with Crippen molar-refractivity contribution in [2.75, 3.05) is 23.3 Å². The van der Waals surface area contributed by atoms with Crippen molar-refractivity contribution in [2.45, 2.75) is 97.5 Å². The number of ether oxygens (including phenoxy) is 2. The standard InChI is InChI=1S/C42H50N2O3/c1-5-7-9-11-12-16-25-44(24-15-10-8-6-2)33-22-23-36-40(28-33)46-39-27-31(4)38(43-32-19-17-18-30(3)26-32)29-37(39)42(36)35-21-14-13-20-34(35)41(45)47-42/h13-14,17-23,26-29,43H,5-12,15-16,24-25H2,1-4H3. The Bertz CT molecular complexity index is 1710. The number of hydrogen-bond acceptors (Lipinski definition) is 5. The fraction of sp³-hybridized carbons (Fsp3) is 0.405. The molecule has 2 heterocycles. The van der Waals surface area contributed by atoms with Crippen LogP contribution in [-0.2, 0) is 10.3 Å². The molecule has 0 amide bonds. The van der Waals surface area contributed by atoms with E-state index in [1.807, 2.05) is 24.3 Å². The smallest absolute Gasteiger partial charge is 0.340 e. The lowest BCUT2D eigenvalue weighted by Crippen LogP contribution is -2.33. The van der Waals surface area contributed by atoms with Crippen LogP contribution in [0.4, 0.5) is 17.1 Å². The van der Waals surface area contributed by atoms with E-state index in [-0.39, 0.29) is 5.97 Å². The van der Waals surface area contributed by atoms with Gasteiger partial charge in [-0.1, -0.05) is 95.5 Å². The zero-order chi connectivity index (χ0) is 32.8. The largest absolute Gasteiger partial charge is 0.456 e. The average Bonchev–Trinajstić information content (AvgIpc) is 3.36. The maximum absolute atomic E-state index is 13.5. The molecule has 1 unspecified atom stereocenters. The van der Waals surface area contributed by atoms with E-state index in [4.69, 9.17) is 9.47 Å². The van der Waals surface area contributed by atoms with Crippen molar-refractivity contribution in [3.8, 4) is 11.5 Å². The normalized spacial score (nSPS) is 15.9. The van der Waals surface area contributed by atoms with Crippen LogP contribution < -0.4 is 15.0 Å². The van der Waals surface area contributed by atoms with E-state index in [2.05, 4.69) is 92.5 Å². The van der Waals surface area contributed by atoms with E-state index in [1.165, 1.54) is 75.5 Å². The van der Waals surface area contributed by atoms with Crippen molar-refractivity contribution < 1.29 is 14.3 Å². The first-order valence-corrected chi connectivity index (χ1v) is 17.8. The Morgan fingerprint density at radius 3 is 2.15 bits per heavy atom. The third-order valence-electron chi connectivity index (χ3n) is 9.77. The van der Waals surface area contributed by atoms with E-state index in [0.717, 1.165) is 58.2 Å². The van der Waals surface area contributed by atoms with Gasteiger partial charge in [-0.3, -0.25) is 0 Å². The highest BCUT2D eigenvalue weighted by Gasteiger charge is 2.53. The summed E-state index contributed by atoms with van der Waals surface area (Å²) in [6.07, 6.45) is 12.6. The third kappa shape index (κ3) is 6.76. The molecular weight excluding hydrogens is 580 g/mol. The van der Waals surface area contributed by atoms with Gasteiger partial charge in [-0.2, -0.15) is 0 Å². The Morgan fingerprint density at radius 1 is 0.681 bits per heavy atom. The third-order valence-corrected chi connectivity index (χ3v) is 9.77. The van der Waals surface area contributed by atoms with Gasteiger partial charge in [0.2, 0.25) is 0 Å². The number of benzene rings is 4. The molecule has 1 atom stereocenters. The van der Waals surface area contributed by atoms with Gasteiger partial charge >= 0.3 is 5.97 Å². The van der Waals surface area contributed by atoms with Crippen molar-refractivity contribution >= 4 is 23.0 Å². The summed E-state index contributed by atoms with van der Waals surface area (Å²) in [5.41, 5.74) is 7.43. The second-order valence-electron chi connectivity index (χ2n) is 13.4. The van der Waals surface area contributed by atoms with Gasteiger partial charge in [0, 0.05) is 52.9 Å². The van der Waals surface area contributed by atoms with E-state index in [1.54, 1.807) is 0 Å². The van der Waals surface area contributed by atoms with E-state index < -0.39 is 5.60 Å². The zero-order valence-electron chi connectivity index (χ0n) is 28.7. The Hall–Kier alpha value is -4.25. The first-order chi connectivity index (χ1) is 22.9. The number of rotatable bonds is 15. The van der Waals surface area contributed by atoms with Crippen molar-refractivity contribution in [1.82, 2.24) is 0 Å². The first-order valence-electron chi connectivity index (χ1n) is 17.8. The zero-order valence-corrected chi connectivity index (χ0v) is 28.7. The molecule has 246 valence electrons. The number of anilines is 3. The monoisotopic (exact) mass is 630 g/mol. The van der Waals surface area contributed by atoms with Crippen molar-refractivity contribution in [3.63, 3.8) is 0 Å². The molecule has 5 heteroatoms. The highest BCUT2D eigenvalue weighted by atomic mass is 16.6. The number of carbonyl (C=O) groups excluding carboxylic acids is 1. The molecule has 6 rings (SSSR count). The van der Waals surface area contributed by atoms with Crippen molar-refractivity contribution in [1.29, 1.82) is 0 Å². The maximum Gasteiger partial charge on any atom is 0.340 e. The second kappa shape index (κ2) is 14.7. The summed E-state index contributed by atoms with van der Waals surface area (Å²) < 4.78 is 13.3. The molecule has 2 aliphatic heterocycles. The van der Waals surface area contributed by atoms with Gasteiger partial charge in [0.15, 0.2) is 5.60 Å². The first kappa shape index (κ1) is 32.7. The molecule has 4 aromatic rings. The Kier molecular flexibility index (Phi) is 10.2. The number of nitrogens with zero attached hydrogens (tertiary/aromatic N) is 1. The summed E-state index contributed by atoms with van der Waals surface area (Å²) >= 11 is 0. The Morgan fingerprint density at radius 2 is 1.38 bits per heavy atom. The van der Waals surface area contributed by atoms with Crippen molar-refractivity contribution in [2.24, 2.45) is 0 Å². The summed E-state index contributed by atoms with van der Waals surface area (Å²) in [6.45, 7) is 10.8. The number of hydrogen-bond donors (Lipinski definition) is 1. The summed E-state index contributed by atoms with van der Waals surface area (Å²) in [5, 5.41) is 3.61. The van der Waals surface area contributed by atoms with Crippen LogP contribution in [-0.4, -0.2) is 19.1 Å². The molecular formula is C42H50N2O3. The maximum atomic E-state index is 13.5. The molecule has 5 nitrogen and oxygen atoms in total. The minimum Gasteiger partial charge on any atom is -0.456 e. The lowest BCUT2D eigenvalue weighted by molar-refractivity contribution is 0.0224. The van der Waals surface area contributed by atoms with E-state index in [0.29, 0.717) is 5.56 Å². The van der Waals surface area contributed by atoms with Crippen LogP contribution in [0, 0.1) is 13.8 Å². The van der Waals surface area contributed by atoms with E-state index in [9.17, 15) is 4.79 Å². The van der Waals surface area contributed by atoms with Crippen LogP contribution in [0.15, 0.2) is 78.9 Å². The summed E-state index contributed by atoms with van der Waals surface area (Å²) in [4.78, 5) is 16.0. The van der Waals surface area contributed by atoms with Gasteiger partial charge in [-0.25, -0.2) is 4.79 Å². The molecule has 0 radical (unpaired) electrons. The van der Waals surface area contributed by atoms with Gasteiger partial charge in [-0.15, -0.1) is 0 Å². The van der Waals surface area contributed by atoms with Crippen LogP contribution in [0.25, 0.3) is 0 Å². The quantitative estimate of drug-likeness (QED) is 0.105. The van der Waals surface area contributed by atoms with Gasteiger partial charge in [0.1, 0.15) is 11.5 Å². The number of aryl methyl sites for hydroxylation is 2. The number of nitrogens with one attached hydrogen (secondary N) is 1. The molecule has 0 saturated carbocycles. The fourth-order valence-corrected chi connectivity index (χ4v) is 7.20. The highest BCUT2D eigenvalue weighted by molar-refractivity contribution is 5.97. The molecule has 2 aliphatic rings. The summed E-state index contributed by atoms with van der Waals surface area (Å²) in [5.74, 6) is 1.16. The minimum absolute atomic E-state index is 0.308. The molecule has 1 spiro atoms. The molecule has 0 bridgehead atoms. The van der Waals surface area contributed by atoms with E-state index >= 15 is 0 Å². The van der Waals surface area contributed by atoms with Crippen LogP contribution >= 0.6 is 0 Å². The van der Waals surface area contributed by atoms with Gasteiger partial charge in [0.05, 0.1) is 5.56 Å². The second-order valence-corrected chi connectivity index (χ2v) is 13.4. The number of esters is 1. The number of unbranched alkanes of at least 4 members (excludes halogenated alkanes) is 8. The minimum atomic E-state index is -1.10. The Labute approximate surface area is 281 Å². The van der Waals surface area contributed by atoms with Crippen LogP contribution in [0.1, 0.15) is 116 Å². The lowest BCUT2D eigenvalue weighted by Gasteiger charge is -2.38. The molecule has 1 N–H and O–H groups in total. The highest BCUT2D eigenvalue weighted by Crippen LogP contribution is 2.57. The molecule has 47 heavy (non-hydrogen) atoms. The number of fused-ring (bicyclic) bond motifs is 6. The van der Waals surface area contributed by atoms with Crippen LogP contribution in [0.2, 0.25) is 0 Å². The molecule has 0 fully saturated rings. The van der Waals surface area contributed by atoms with Gasteiger partial charge in [0.25, 0.3) is 0 Å².